The third kappa shape index (κ3) is 19.1. The van der Waals surface area contributed by atoms with Crippen LogP contribution in [0.15, 0.2) is 12.2 Å². The Kier molecular flexibility index (Phi) is 24.5. The summed E-state index contributed by atoms with van der Waals surface area (Å²) in [4.78, 5) is 24.9. The van der Waals surface area contributed by atoms with E-state index in [4.69, 9.17) is 18.9 Å². The van der Waals surface area contributed by atoms with E-state index in [0.29, 0.717) is 6.42 Å². The number of ether oxygens (including phenoxy) is 4. The largest absolute Gasteiger partial charge is 0.462 e. The second-order valence-corrected chi connectivity index (χ2v) is 12.0. The van der Waals surface area contributed by atoms with Crippen LogP contribution in [0.25, 0.3) is 0 Å². The first kappa shape index (κ1) is 40.5. The quantitative estimate of drug-likeness (QED) is 0.0537. The van der Waals surface area contributed by atoms with Gasteiger partial charge in [-0.25, -0.2) is 0 Å². The zero-order chi connectivity index (χ0) is 32.4. The Morgan fingerprint density at radius 2 is 1.20 bits per heavy atom. The fourth-order valence-electron chi connectivity index (χ4n) is 5.06. The van der Waals surface area contributed by atoms with Crippen molar-refractivity contribution in [3.8, 4) is 0 Å². The van der Waals surface area contributed by atoms with Crippen molar-refractivity contribution in [1.29, 1.82) is 0 Å². The van der Waals surface area contributed by atoms with Gasteiger partial charge < -0.3 is 39.4 Å². The monoisotopic (exact) mass is 630 g/mol. The molecule has 0 aromatic carbocycles. The Bertz CT molecular complexity index is 744. The highest BCUT2D eigenvalue weighted by molar-refractivity contribution is 5.70. The molecule has 2 unspecified atom stereocenters. The Hall–Kier alpha value is -1.56. The maximum absolute atomic E-state index is 12.6. The molecule has 0 bridgehead atoms. The first-order chi connectivity index (χ1) is 21.3. The molecule has 1 aliphatic heterocycles. The van der Waals surface area contributed by atoms with Crippen LogP contribution in [0.2, 0.25) is 0 Å². The molecule has 1 fully saturated rings. The van der Waals surface area contributed by atoms with E-state index in [2.05, 4.69) is 26.0 Å². The van der Waals surface area contributed by atoms with Crippen molar-refractivity contribution >= 4 is 11.9 Å². The molecule has 1 aliphatic rings. The summed E-state index contributed by atoms with van der Waals surface area (Å²) < 4.78 is 21.9. The molecule has 0 aliphatic carbocycles. The molecule has 258 valence electrons. The van der Waals surface area contributed by atoms with Crippen LogP contribution in [0.5, 0.6) is 0 Å². The van der Waals surface area contributed by atoms with Gasteiger partial charge in [-0.05, 0) is 38.5 Å². The van der Waals surface area contributed by atoms with Crippen LogP contribution < -0.4 is 0 Å². The first-order valence-electron chi connectivity index (χ1n) is 17.3. The van der Waals surface area contributed by atoms with E-state index < -0.39 is 49.4 Å². The number of aliphatic hydroxyl groups excluding tert-OH is 4. The maximum atomic E-state index is 12.6. The average molecular weight is 631 g/mol. The van der Waals surface area contributed by atoms with Gasteiger partial charge in [0.2, 0.25) is 0 Å². The zero-order valence-electron chi connectivity index (χ0n) is 27.4. The minimum absolute atomic E-state index is 0.218. The van der Waals surface area contributed by atoms with Gasteiger partial charge >= 0.3 is 11.9 Å². The molecule has 0 aromatic rings. The van der Waals surface area contributed by atoms with Gasteiger partial charge in [-0.1, -0.05) is 96.6 Å². The average Bonchev–Trinajstić information content (AvgIpc) is 3.02. The number of aliphatic hydroxyl groups is 4. The highest BCUT2D eigenvalue weighted by Crippen LogP contribution is 2.22. The Labute approximate surface area is 265 Å². The smallest absolute Gasteiger partial charge is 0.306 e. The van der Waals surface area contributed by atoms with Crippen LogP contribution in [0, 0.1) is 0 Å². The van der Waals surface area contributed by atoms with Crippen molar-refractivity contribution in [2.45, 2.75) is 173 Å². The molecule has 1 rings (SSSR count). The molecule has 6 atom stereocenters. The number of carbonyl (C=O) groups excluding carboxylic acids is 2. The van der Waals surface area contributed by atoms with E-state index in [1.54, 1.807) is 0 Å². The highest BCUT2D eigenvalue weighted by atomic mass is 16.7. The normalized spacial score (nSPS) is 22.7. The van der Waals surface area contributed by atoms with Gasteiger partial charge in [-0.2, -0.15) is 0 Å². The summed E-state index contributed by atoms with van der Waals surface area (Å²) in [6, 6.07) is 0. The molecule has 0 saturated carbocycles. The van der Waals surface area contributed by atoms with Gasteiger partial charge in [0.15, 0.2) is 12.4 Å². The van der Waals surface area contributed by atoms with Crippen molar-refractivity contribution < 1.29 is 49.0 Å². The maximum Gasteiger partial charge on any atom is 0.306 e. The van der Waals surface area contributed by atoms with E-state index >= 15 is 0 Å². The molecule has 0 aromatic heterocycles. The summed E-state index contributed by atoms with van der Waals surface area (Å²) in [7, 11) is 0. The molecular formula is C34H62O10. The molecule has 10 nitrogen and oxygen atoms in total. The lowest BCUT2D eigenvalue weighted by atomic mass is 9.99. The van der Waals surface area contributed by atoms with Crippen molar-refractivity contribution in [1.82, 2.24) is 0 Å². The van der Waals surface area contributed by atoms with Crippen LogP contribution in [0.1, 0.15) is 136 Å². The minimum atomic E-state index is -1.59. The molecule has 1 heterocycles. The second kappa shape index (κ2) is 26.6. The summed E-state index contributed by atoms with van der Waals surface area (Å²) in [6.45, 7) is 3.30. The SMILES string of the molecule is CCCCC/C=C/CCCCCCCC(=O)O[C@H](COC(=O)CCCCCCCCC)CO[C@@H]1O[C@H](CO)[C@H](O)C(O)C1O. The number of unbranched alkanes of at least 4 members (excludes halogenated alkanes) is 14. The molecule has 1 saturated heterocycles. The van der Waals surface area contributed by atoms with Crippen molar-refractivity contribution in [2.24, 2.45) is 0 Å². The number of esters is 2. The topological polar surface area (TPSA) is 152 Å². The van der Waals surface area contributed by atoms with Crippen molar-refractivity contribution in [3.05, 3.63) is 12.2 Å². The van der Waals surface area contributed by atoms with Gasteiger partial charge in [0.05, 0.1) is 13.2 Å². The molecule has 4 N–H and O–H groups in total. The van der Waals surface area contributed by atoms with Crippen molar-refractivity contribution in [3.63, 3.8) is 0 Å². The first-order valence-corrected chi connectivity index (χ1v) is 17.3. The highest BCUT2D eigenvalue weighted by Gasteiger charge is 2.44. The van der Waals surface area contributed by atoms with E-state index in [1.807, 2.05) is 0 Å². The lowest BCUT2D eigenvalue weighted by molar-refractivity contribution is -0.305. The predicted molar refractivity (Wildman–Crippen MR) is 169 cm³/mol. The van der Waals surface area contributed by atoms with Crippen LogP contribution in [-0.2, 0) is 28.5 Å². The summed E-state index contributed by atoms with van der Waals surface area (Å²) in [5.74, 6) is -0.825. The lowest BCUT2D eigenvalue weighted by Crippen LogP contribution is -2.59. The van der Waals surface area contributed by atoms with E-state index in [-0.39, 0.29) is 32.0 Å². The van der Waals surface area contributed by atoms with E-state index in [0.717, 1.165) is 64.2 Å². The molecule has 0 amide bonds. The van der Waals surface area contributed by atoms with Crippen LogP contribution >= 0.6 is 0 Å². The summed E-state index contributed by atoms with van der Waals surface area (Å²) in [6.07, 6.45) is 15.3. The number of rotatable bonds is 27. The van der Waals surface area contributed by atoms with Crippen LogP contribution in [-0.4, -0.2) is 89.0 Å². The van der Waals surface area contributed by atoms with Gasteiger partial charge in [-0.3, -0.25) is 9.59 Å². The predicted octanol–water partition coefficient (Wildman–Crippen LogP) is 5.27. The van der Waals surface area contributed by atoms with Gasteiger partial charge in [0.25, 0.3) is 0 Å². The fourth-order valence-corrected chi connectivity index (χ4v) is 5.06. The Morgan fingerprint density at radius 3 is 1.82 bits per heavy atom. The second-order valence-electron chi connectivity index (χ2n) is 12.0. The molecular weight excluding hydrogens is 568 g/mol. The summed E-state index contributed by atoms with van der Waals surface area (Å²) >= 11 is 0. The number of hydrogen-bond donors (Lipinski definition) is 4. The molecule has 0 spiro atoms. The van der Waals surface area contributed by atoms with Gasteiger partial charge in [-0.15, -0.1) is 0 Å². The van der Waals surface area contributed by atoms with Gasteiger partial charge in [0, 0.05) is 12.8 Å². The standard InChI is InChI=1S/C34H62O10/c1-3-5-7-9-11-12-13-14-15-17-19-21-23-30(37)43-27(25-41-29(36)22-20-18-16-10-8-6-4-2)26-42-34-33(40)32(39)31(38)28(24-35)44-34/h11-12,27-28,31-35,38-40H,3-10,13-26H2,1-2H3/b12-11+/t27-,28-,31+,32?,33?,34-/m1/s1. The third-order valence-corrected chi connectivity index (χ3v) is 7.90. The number of hydrogen-bond acceptors (Lipinski definition) is 10. The van der Waals surface area contributed by atoms with Crippen LogP contribution in [0.3, 0.4) is 0 Å². The van der Waals surface area contributed by atoms with Crippen LogP contribution in [0.4, 0.5) is 0 Å². The zero-order valence-corrected chi connectivity index (χ0v) is 27.4. The number of allylic oxidation sites excluding steroid dienone is 2. The summed E-state index contributed by atoms with van der Waals surface area (Å²) in [5, 5.41) is 39.7. The van der Waals surface area contributed by atoms with Gasteiger partial charge in [0.1, 0.15) is 31.0 Å². The minimum Gasteiger partial charge on any atom is -0.462 e. The Balaban J connectivity index is 2.45. The number of carbonyl (C=O) groups is 2. The molecule has 44 heavy (non-hydrogen) atoms. The molecule has 0 radical (unpaired) electrons. The van der Waals surface area contributed by atoms with E-state index in [1.165, 1.54) is 38.5 Å². The summed E-state index contributed by atoms with van der Waals surface area (Å²) in [5.41, 5.74) is 0. The van der Waals surface area contributed by atoms with Crippen molar-refractivity contribution in [2.75, 3.05) is 19.8 Å². The Morgan fingerprint density at radius 1 is 0.682 bits per heavy atom. The van der Waals surface area contributed by atoms with E-state index in [9.17, 15) is 30.0 Å². The fraction of sp³-hybridized carbons (Fsp3) is 0.882. The molecule has 10 heteroatoms. The third-order valence-electron chi connectivity index (χ3n) is 7.90. The lowest BCUT2D eigenvalue weighted by Gasteiger charge is -2.39.